The molecule has 14 heavy (non-hydrogen) atoms. The van der Waals surface area contributed by atoms with Gasteiger partial charge in [-0.1, -0.05) is 23.2 Å². The number of aliphatic hydroxyl groups excluding tert-OH is 1. The molecule has 0 aromatic heterocycles. The number of halogens is 2. The molecule has 0 saturated heterocycles. The Kier molecular flexibility index (Phi) is 2.68. The van der Waals surface area contributed by atoms with Crippen molar-refractivity contribution in [1.29, 1.82) is 0 Å². The van der Waals surface area contributed by atoms with Gasteiger partial charge >= 0.3 is 0 Å². The van der Waals surface area contributed by atoms with Gasteiger partial charge in [0.2, 0.25) is 0 Å². The Morgan fingerprint density at radius 1 is 1.36 bits per heavy atom. The zero-order chi connectivity index (χ0) is 10.3. The van der Waals surface area contributed by atoms with Crippen LogP contribution in [0.4, 0.5) is 0 Å². The largest absolute Gasteiger partial charge is 0.387 e. The second-order valence-corrected chi connectivity index (χ2v) is 4.16. The molecule has 1 atom stereocenters. The highest BCUT2D eigenvalue weighted by atomic mass is 35.5. The first kappa shape index (κ1) is 10.2. The summed E-state index contributed by atoms with van der Waals surface area (Å²) in [7, 11) is 0. The molecule has 0 fully saturated rings. The Labute approximate surface area is 91.4 Å². The third-order valence-corrected chi connectivity index (χ3v) is 2.83. The monoisotopic (exact) mass is 233 g/mol. The van der Waals surface area contributed by atoms with Crippen LogP contribution in [0.3, 0.4) is 0 Å². The minimum atomic E-state index is -0.736. The van der Waals surface area contributed by atoms with Crippen LogP contribution in [0.2, 0.25) is 10.0 Å². The van der Waals surface area contributed by atoms with Crippen molar-refractivity contribution < 1.29 is 10.3 Å². The summed E-state index contributed by atoms with van der Waals surface area (Å²) in [5, 5.41) is 21.0. The molecular weight excluding hydrogens is 225 g/mol. The van der Waals surface area contributed by atoms with Crippen LogP contribution < -0.4 is 0 Å². The molecule has 76 valence electrons. The minimum absolute atomic E-state index is 0.184. The molecule has 3 nitrogen and oxygen atoms in total. The van der Waals surface area contributed by atoms with Crippen molar-refractivity contribution in [2.45, 2.75) is 12.6 Å². The molecule has 1 aromatic carbocycles. The van der Waals surface area contributed by atoms with Crippen molar-refractivity contribution in [3.63, 3.8) is 0 Å². The van der Waals surface area contributed by atoms with Gasteiger partial charge in [-0.15, -0.1) is 0 Å². The van der Waals surface area contributed by atoms with Crippen LogP contribution in [0.1, 0.15) is 17.2 Å². The highest BCUT2D eigenvalue weighted by molar-refractivity contribution is 6.35. The van der Waals surface area contributed by atoms with Gasteiger partial charge in [-0.2, -0.15) is 5.06 Å². The lowest BCUT2D eigenvalue weighted by atomic mass is 9.98. The lowest BCUT2D eigenvalue weighted by molar-refractivity contribution is -0.130. The molecule has 0 bridgehead atoms. The number of aliphatic hydroxyl groups is 1. The lowest BCUT2D eigenvalue weighted by Crippen LogP contribution is -2.31. The van der Waals surface area contributed by atoms with E-state index in [0.29, 0.717) is 22.2 Å². The van der Waals surface area contributed by atoms with E-state index in [1.165, 1.54) is 0 Å². The molecule has 2 N–H and O–H groups in total. The first-order valence-corrected chi connectivity index (χ1v) is 4.93. The van der Waals surface area contributed by atoms with Gasteiger partial charge in [0.25, 0.3) is 0 Å². The smallest absolute Gasteiger partial charge is 0.0944 e. The van der Waals surface area contributed by atoms with Gasteiger partial charge in [0.1, 0.15) is 0 Å². The van der Waals surface area contributed by atoms with Gasteiger partial charge in [0.15, 0.2) is 0 Å². The first-order valence-electron chi connectivity index (χ1n) is 4.17. The summed E-state index contributed by atoms with van der Waals surface area (Å²) in [6, 6.07) is 3.29. The van der Waals surface area contributed by atoms with Crippen molar-refractivity contribution in [2.24, 2.45) is 0 Å². The summed E-state index contributed by atoms with van der Waals surface area (Å²) in [6.07, 6.45) is -0.736. The van der Waals surface area contributed by atoms with Crippen LogP contribution in [0.5, 0.6) is 0 Å². The first-order chi connectivity index (χ1) is 6.58. The average Bonchev–Trinajstić information content (AvgIpc) is 2.07. The van der Waals surface area contributed by atoms with E-state index < -0.39 is 6.10 Å². The highest BCUT2D eigenvalue weighted by Crippen LogP contribution is 2.33. The summed E-state index contributed by atoms with van der Waals surface area (Å²) in [5.41, 5.74) is 1.44. The van der Waals surface area contributed by atoms with Crippen LogP contribution in [0.25, 0.3) is 0 Å². The second kappa shape index (κ2) is 3.68. The average molecular weight is 234 g/mol. The molecule has 0 saturated carbocycles. The maximum Gasteiger partial charge on any atom is 0.0944 e. The molecule has 2 rings (SSSR count). The summed E-state index contributed by atoms with van der Waals surface area (Å²) >= 11 is 11.8. The zero-order valence-corrected chi connectivity index (χ0v) is 8.76. The fourth-order valence-corrected chi connectivity index (χ4v) is 2.20. The molecule has 1 aliphatic rings. The molecule has 0 amide bonds. The Morgan fingerprint density at radius 2 is 2.07 bits per heavy atom. The summed E-state index contributed by atoms with van der Waals surface area (Å²) in [4.78, 5) is 0. The molecule has 1 unspecified atom stereocenters. The highest BCUT2D eigenvalue weighted by Gasteiger charge is 2.24. The summed E-state index contributed by atoms with van der Waals surface area (Å²) in [6.45, 7) is 0.506. The van der Waals surface area contributed by atoms with Crippen LogP contribution >= 0.6 is 23.2 Å². The molecule has 5 heteroatoms. The number of β-amino-alcohol motifs (C(OH)–C–C–N with tert-alkyl or cyclic N) is 1. The zero-order valence-electron chi connectivity index (χ0n) is 7.24. The Bertz CT molecular complexity index is 370. The van der Waals surface area contributed by atoms with E-state index in [0.717, 1.165) is 10.6 Å². The number of nitrogens with zero attached hydrogens (tertiary/aromatic N) is 1. The number of hydroxylamine groups is 2. The quantitative estimate of drug-likeness (QED) is 0.723. The van der Waals surface area contributed by atoms with Crippen molar-refractivity contribution in [3.05, 3.63) is 33.3 Å². The lowest BCUT2D eigenvalue weighted by Gasteiger charge is -2.28. The van der Waals surface area contributed by atoms with Crippen molar-refractivity contribution in [2.75, 3.05) is 6.54 Å². The van der Waals surface area contributed by atoms with E-state index in [9.17, 15) is 10.3 Å². The third kappa shape index (κ3) is 1.74. The van der Waals surface area contributed by atoms with E-state index in [-0.39, 0.29) is 6.54 Å². The number of benzene rings is 1. The van der Waals surface area contributed by atoms with Gasteiger partial charge in [0, 0.05) is 10.0 Å². The van der Waals surface area contributed by atoms with E-state index in [2.05, 4.69) is 0 Å². The topological polar surface area (TPSA) is 43.7 Å². The minimum Gasteiger partial charge on any atom is -0.387 e. The van der Waals surface area contributed by atoms with Crippen LogP contribution in [-0.4, -0.2) is 21.9 Å². The Morgan fingerprint density at radius 3 is 2.79 bits per heavy atom. The van der Waals surface area contributed by atoms with Crippen molar-refractivity contribution >= 4 is 23.2 Å². The van der Waals surface area contributed by atoms with E-state index >= 15 is 0 Å². The number of fused-ring (bicyclic) bond motifs is 1. The van der Waals surface area contributed by atoms with E-state index in [4.69, 9.17) is 23.2 Å². The molecule has 1 heterocycles. The van der Waals surface area contributed by atoms with Crippen molar-refractivity contribution in [3.8, 4) is 0 Å². The molecule has 1 aromatic rings. The van der Waals surface area contributed by atoms with E-state index in [1.54, 1.807) is 12.1 Å². The van der Waals surface area contributed by atoms with Crippen LogP contribution in [0.15, 0.2) is 12.1 Å². The van der Waals surface area contributed by atoms with E-state index in [1.807, 2.05) is 0 Å². The standard InChI is InChI=1S/C9H9Cl2NO2/c10-5-1-6-7(8(11)2-5)3-12(14)4-9(6)13/h1-2,9,13-14H,3-4H2. The Balaban J connectivity index is 2.53. The molecular formula is C9H9Cl2NO2. The summed E-state index contributed by atoms with van der Waals surface area (Å²) < 4.78 is 0. The van der Waals surface area contributed by atoms with Gasteiger partial charge in [-0.25, -0.2) is 0 Å². The van der Waals surface area contributed by atoms with Gasteiger partial charge in [0.05, 0.1) is 19.2 Å². The van der Waals surface area contributed by atoms with Gasteiger partial charge in [-0.3, -0.25) is 0 Å². The second-order valence-electron chi connectivity index (χ2n) is 3.32. The molecule has 0 radical (unpaired) electrons. The fraction of sp³-hybridized carbons (Fsp3) is 0.333. The molecule has 1 aliphatic heterocycles. The van der Waals surface area contributed by atoms with Crippen LogP contribution in [0, 0.1) is 0 Å². The predicted octanol–water partition coefficient (Wildman–Crippen LogP) is 2.23. The fourth-order valence-electron chi connectivity index (χ4n) is 1.63. The third-order valence-electron chi connectivity index (χ3n) is 2.28. The number of hydrogen-bond acceptors (Lipinski definition) is 3. The van der Waals surface area contributed by atoms with Crippen molar-refractivity contribution in [1.82, 2.24) is 5.06 Å². The Hall–Kier alpha value is -0.320. The number of hydrogen-bond donors (Lipinski definition) is 2. The van der Waals surface area contributed by atoms with Crippen LogP contribution in [-0.2, 0) is 6.54 Å². The SMILES string of the molecule is OC1CN(O)Cc2c(Cl)cc(Cl)cc21. The van der Waals surface area contributed by atoms with Gasteiger partial charge < -0.3 is 10.3 Å². The number of rotatable bonds is 0. The maximum atomic E-state index is 9.66. The molecule has 0 aliphatic carbocycles. The normalized spacial score (nSPS) is 22.1. The molecule has 0 spiro atoms. The van der Waals surface area contributed by atoms with Gasteiger partial charge in [-0.05, 0) is 23.3 Å². The maximum absolute atomic E-state index is 9.66. The summed E-state index contributed by atoms with van der Waals surface area (Å²) in [5.74, 6) is 0. The predicted molar refractivity (Wildman–Crippen MR) is 53.6 cm³/mol.